The molecule has 0 aromatic carbocycles. The van der Waals surface area contributed by atoms with Crippen molar-refractivity contribution in [2.75, 3.05) is 11.9 Å². The average molecular weight is 392 g/mol. The van der Waals surface area contributed by atoms with Gasteiger partial charge in [-0.05, 0) is 50.5 Å². The van der Waals surface area contributed by atoms with Gasteiger partial charge in [0.2, 0.25) is 5.91 Å². The first-order chi connectivity index (χ1) is 12.8. The lowest BCUT2D eigenvalue weighted by Gasteiger charge is -2.09. The van der Waals surface area contributed by atoms with E-state index in [9.17, 15) is 19.7 Å². The molecular weight excluding hydrogens is 372 g/mol. The van der Waals surface area contributed by atoms with Crippen molar-refractivity contribution in [1.29, 1.82) is 0 Å². The number of rotatable bonds is 7. The number of carbonyl (C=O) groups is 2. The maximum absolute atomic E-state index is 12.5. The quantitative estimate of drug-likeness (QED) is 0.439. The van der Waals surface area contributed by atoms with Crippen LogP contribution in [-0.4, -0.2) is 33.2 Å². The fourth-order valence-electron chi connectivity index (χ4n) is 2.98. The number of hydrogen-bond donors (Lipinski definition) is 1. The molecule has 1 aliphatic rings. The van der Waals surface area contributed by atoms with Gasteiger partial charge in [-0.25, -0.2) is 4.79 Å². The summed E-state index contributed by atoms with van der Waals surface area (Å²) in [5, 5.41) is 20.2. The average Bonchev–Trinajstić information content (AvgIpc) is 3.28. The van der Waals surface area contributed by atoms with Crippen LogP contribution in [-0.2, 0) is 16.1 Å². The number of anilines is 1. The Kier molecular flexibility index (Phi) is 5.26. The molecule has 1 N–H and O–H groups in total. The normalized spacial score (nSPS) is 13.4. The Balaban J connectivity index is 1.80. The third kappa shape index (κ3) is 3.85. The van der Waals surface area contributed by atoms with Crippen LogP contribution in [0.5, 0.6) is 0 Å². The fraction of sp³-hybridized carbons (Fsp3) is 0.471. The number of aromatic nitrogens is 2. The summed E-state index contributed by atoms with van der Waals surface area (Å²) in [6.07, 6.45) is 2.04. The molecule has 3 rings (SSSR count). The largest absolute Gasteiger partial charge is 0.462 e. The third-order valence-corrected chi connectivity index (χ3v) is 5.30. The van der Waals surface area contributed by atoms with E-state index in [2.05, 4.69) is 10.4 Å². The van der Waals surface area contributed by atoms with Crippen molar-refractivity contribution in [3.05, 3.63) is 38.0 Å². The van der Waals surface area contributed by atoms with Gasteiger partial charge in [-0.3, -0.25) is 19.6 Å². The Morgan fingerprint density at radius 2 is 2.15 bits per heavy atom. The topological polar surface area (TPSA) is 116 Å². The summed E-state index contributed by atoms with van der Waals surface area (Å²) in [6.45, 7) is 4.88. The number of ether oxygens (including phenoxy) is 1. The molecule has 0 radical (unpaired) electrons. The van der Waals surface area contributed by atoms with Crippen molar-refractivity contribution in [2.24, 2.45) is 0 Å². The van der Waals surface area contributed by atoms with Gasteiger partial charge in [0.25, 0.3) is 0 Å². The summed E-state index contributed by atoms with van der Waals surface area (Å²) < 4.78 is 6.43. The highest BCUT2D eigenvalue weighted by Crippen LogP contribution is 2.46. The molecular formula is C17H20N4O5S. The summed E-state index contributed by atoms with van der Waals surface area (Å²) in [5.74, 6) is -0.520. The van der Waals surface area contributed by atoms with E-state index in [1.807, 2.05) is 5.38 Å². The minimum absolute atomic E-state index is 0.0952. The van der Waals surface area contributed by atoms with Crippen molar-refractivity contribution in [3.63, 3.8) is 0 Å². The molecule has 2 aromatic heterocycles. The van der Waals surface area contributed by atoms with E-state index in [4.69, 9.17) is 4.74 Å². The molecule has 2 aromatic rings. The molecule has 1 amide bonds. The number of hydrogen-bond acceptors (Lipinski definition) is 7. The van der Waals surface area contributed by atoms with Crippen LogP contribution in [0.25, 0.3) is 0 Å². The van der Waals surface area contributed by atoms with E-state index in [0.717, 1.165) is 18.4 Å². The van der Waals surface area contributed by atoms with Crippen LogP contribution in [0.1, 0.15) is 53.0 Å². The maximum Gasteiger partial charge on any atom is 0.341 e. The lowest BCUT2D eigenvalue weighted by Crippen LogP contribution is -2.21. The predicted molar refractivity (Wildman–Crippen MR) is 99.2 cm³/mol. The first-order valence-corrected chi connectivity index (χ1v) is 9.48. The van der Waals surface area contributed by atoms with Crippen LogP contribution >= 0.6 is 11.3 Å². The Morgan fingerprint density at radius 1 is 1.44 bits per heavy atom. The summed E-state index contributed by atoms with van der Waals surface area (Å²) in [4.78, 5) is 35.4. The first-order valence-electron chi connectivity index (χ1n) is 8.60. The Hall–Kier alpha value is -2.75. The second-order valence-corrected chi connectivity index (χ2v) is 7.25. The molecule has 0 aliphatic heterocycles. The minimum atomic E-state index is -0.508. The van der Waals surface area contributed by atoms with Crippen LogP contribution in [0.4, 0.5) is 10.7 Å². The second-order valence-electron chi connectivity index (χ2n) is 6.37. The van der Waals surface area contributed by atoms with Gasteiger partial charge in [0, 0.05) is 0 Å². The molecule has 0 spiro atoms. The van der Waals surface area contributed by atoms with Crippen LogP contribution < -0.4 is 5.32 Å². The van der Waals surface area contributed by atoms with Crippen molar-refractivity contribution in [2.45, 2.75) is 46.1 Å². The van der Waals surface area contributed by atoms with Gasteiger partial charge in [-0.15, -0.1) is 11.3 Å². The van der Waals surface area contributed by atoms with Crippen LogP contribution in [0.3, 0.4) is 0 Å². The molecule has 144 valence electrons. The highest BCUT2D eigenvalue weighted by Gasteiger charge is 2.32. The number of nitrogens with zero attached hydrogens (tertiary/aromatic N) is 3. The van der Waals surface area contributed by atoms with E-state index in [-0.39, 0.29) is 24.5 Å². The summed E-state index contributed by atoms with van der Waals surface area (Å²) in [6, 6.07) is 0. The smallest absolute Gasteiger partial charge is 0.341 e. The molecule has 0 unspecified atom stereocenters. The molecule has 2 heterocycles. The van der Waals surface area contributed by atoms with Crippen LogP contribution in [0.2, 0.25) is 0 Å². The third-order valence-electron chi connectivity index (χ3n) is 4.39. The summed E-state index contributed by atoms with van der Waals surface area (Å²) >= 11 is 1.28. The summed E-state index contributed by atoms with van der Waals surface area (Å²) in [7, 11) is 0. The number of esters is 1. The van der Waals surface area contributed by atoms with E-state index in [0.29, 0.717) is 22.2 Å². The Labute approximate surface area is 159 Å². The standard InChI is InChI=1S/C17H20N4O5S/c1-4-26-17(23)14-12(11-5-6-11)8-27-16(14)18-13(22)7-20-10(3)15(21(24)25)9(2)19-20/h8,11H,4-7H2,1-3H3,(H,18,22). The number of nitro groups is 1. The molecule has 9 nitrogen and oxygen atoms in total. The zero-order chi connectivity index (χ0) is 19.7. The molecule has 27 heavy (non-hydrogen) atoms. The minimum Gasteiger partial charge on any atom is -0.462 e. The molecule has 1 saturated carbocycles. The van der Waals surface area contributed by atoms with Gasteiger partial charge < -0.3 is 10.1 Å². The van der Waals surface area contributed by atoms with E-state index in [1.165, 1.54) is 22.9 Å². The zero-order valence-corrected chi connectivity index (χ0v) is 16.1. The summed E-state index contributed by atoms with van der Waals surface area (Å²) in [5.41, 5.74) is 1.79. The van der Waals surface area contributed by atoms with E-state index in [1.54, 1.807) is 13.8 Å². The van der Waals surface area contributed by atoms with Crippen LogP contribution in [0.15, 0.2) is 5.38 Å². The fourth-order valence-corrected chi connectivity index (χ4v) is 4.03. The van der Waals surface area contributed by atoms with E-state index < -0.39 is 16.8 Å². The highest BCUT2D eigenvalue weighted by atomic mass is 32.1. The first kappa shape index (κ1) is 19.0. The molecule has 1 aliphatic carbocycles. The molecule has 0 bridgehead atoms. The van der Waals surface area contributed by atoms with Gasteiger partial charge in [0.05, 0.1) is 17.1 Å². The van der Waals surface area contributed by atoms with Gasteiger partial charge in [0.15, 0.2) is 0 Å². The highest BCUT2D eigenvalue weighted by molar-refractivity contribution is 7.15. The lowest BCUT2D eigenvalue weighted by atomic mass is 10.1. The van der Waals surface area contributed by atoms with Crippen molar-refractivity contribution in [3.8, 4) is 0 Å². The molecule has 0 atom stereocenters. The molecule has 0 saturated heterocycles. The predicted octanol–water partition coefficient (Wildman–Crippen LogP) is 3.16. The Bertz CT molecular complexity index is 913. The monoisotopic (exact) mass is 392 g/mol. The SMILES string of the molecule is CCOC(=O)c1c(C2CC2)csc1NC(=O)Cn1nc(C)c([N+](=O)[O-])c1C. The molecule has 10 heteroatoms. The van der Waals surface area contributed by atoms with Crippen molar-refractivity contribution < 1.29 is 19.2 Å². The van der Waals surface area contributed by atoms with Gasteiger partial charge in [-0.2, -0.15) is 5.10 Å². The van der Waals surface area contributed by atoms with Gasteiger partial charge in [-0.1, -0.05) is 0 Å². The Morgan fingerprint density at radius 3 is 2.70 bits per heavy atom. The zero-order valence-electron chi connectivity index (χ0n) is 15.3. The molecule has 1 fully saturated rings. The lowest BCUT2D eigenvalue weighted by molar-refractivity contribution is -0.386. The number of nitrogens with one attached hydrogen (secondary N) is 1. The number of thiophene rings is 1. The maximum atomic E-state index is 12.5. The van der Waals surface area contributed by atoms with Crippen LogP contribution in [0, 0.1) is 24.0 Å². The number of carbonyl (C=O) groups excluding carboxylic acids is 2. The van der Waals surface area contributed by atoms with Crippen molar-refractivity contribution >= 4 is 33.9 Å². The van der Waals surface area contributed by atoms with E-state index >= 15 is 0 Å². The van der Waals surface area contributed by atoms with Crippen molar-refractivity contribution in [1.82, 2.24) is 9.78 Å². The van der Waals surface area contributed by atoms with Gasteiger partial charge in [0.1, 0.15) is 22.9 Å². The van der Waals surface area contributed by atoms with Gasteiger partial charge >= 0.3 is 11.7 Å². The number of aryl methyl sites for hydroxylation is 1. The number of amides is 1. The second kappa shape index (κ2) is 7.47.